The third-order valence-corrected chi connectivity index (χ3v) is 6.90. The molecule has 180 valence electrons. The predicted octanol–water partition coefficient (Wildman–Crippen LogP) is 4.47. The van der Waals surface area contributed by atoms with Gasteiger partial charge in [0.15, 0.2) is 5.82 Å². The fourth-order valence-corrected chi connectivity index (χ4v) is 5.43. The molecule has 1 aliphatic heterocycles. The molecule has 2 atom stereocenters. The monoisotopic (exact) mass is 493 g/mol. The third-order valence-electron chi connectivity index (χ3n) is 6.60. The maximum atomic E-state index is 16.2. The Hall–Kier alpha value is -3.72. The molecule has 3 heterocycles. The second-order valence-electron chi connectivity index (χ2n) is 8.99. The number of benzene rings is 2. The molecule has 0 saturated carbocycles. The van der Waals surface area contributed by atoms with Crippen LogP contribution in [0.2, 0.25) is 5.02 Å². The van der Waals surface area contributed by atoms with Crippen molar-refractivity contribution < 1.29 is 9.18 Å². The fourth-order valence-electron chi connectivity index (χ4n) is 5.14. The molecule has 0 radical (unpaired) electrons. The number of carbonyl (C=O) groups excluding carboxylic acids is 1. The number of nitrogens with zero attached hydrogens (tertiary/aromatic N) is 5. The van der Waals surface area contributed by atoms with Gasteiger partial charge in [0.1, 0.15) is 11.3 Å². The molecule has 1 amide bonds. The Morgan fingerprint density at radius 1 is 1.26 bits per heavy atom. The van der Waals surface area contributed by atoms with Crippen molar-refractivity contribution in [3.63, 3.8) is 0 Å². The smallest absolute Gasteiger partial charge is 0.246 e. The van der Waals surface area contributed by atoms with Crippen LogP contribution in [0.15, 0.2) is 37.1 Å². The first-order valence-corrected chi connectivity index (χ1v) is 11.7. The van der Waals surface area contributed by atoms with Gasteiger partial charge < -0.3 is 15.5 Å². The fraction of sp³-hybridized carbons (Fsp3) is 0.280. The number of aromatic nitrogens is 4. The van der Waals surface area contributed by atoms with E-state index in [-0.39, 0.29) is 40.0 Å². The van der Waals surface area contributed by atoms with E-state index in [1.54, 1.807) is 17.2 Å². The van der Waals surface area contributed by atoms with Gasteiger partial charge in [0.2, 0.25) is 11.9 Å². The summed E-state index contributed by atoms with van der Waals surface area (Å²) in [5.74, 6) is -0.254. The topological polar surface area (TPSA) is 104 Å². The summed E-state index contributed by atoms with van der Waals surface area (Å²) in [6.07, 6.45) is 3.00. The van der Waals surface area contributed by atoms with E-state index in [4.69, 9.17) is 17.3 Å². The summed E-state index contributed by atoms with van der Waals surface area (Å²) in [7, 11) is 0. The Morgan fingerprint density at radius 2 is 1.97 bits per heavy atom. The van der Waals surface area contributed by atoms with Crippen molar-refractivity contribution in [3.8, 4) is 11.1 Å². The first-order valence-electron chi connectivity index (χ1n) is 11.3. The van der Waals surface area contributed by atoms with Crippen molar-refractivity contribution in [1.82, 2.24) is 25.1 Å². The molecule has 5 rings (SSSR count). The number of carbonyl (C=O) groups is 1. The predicted molar refractivity (Wildman–Crippen MR) is 137 cm³/mol. The van der Waals surface area contributed by atoms with Gasteiger partial charge in [-0.05, 0) is 38.5 Å². The summed E-state index contributed by atoms with van der Waals surface area (Å²) in [6.45, 7) is 10.4. The number of H-pyrrole nitrogens is 1. The highest BCUT2D eigenvalue weighted by molar-refractivity contribution is 6.35. The zero-order chi connectivity index (χ0) is 25.0. The van der Waals surface area contributed by atoms with E-state index in [1.165, 1.54) is 6.08 Å². The van der Waals surface area contributed by atoms with Gasteiger partial charge in [-0.25, -0.2) is 9.37 Å². The third kappa shape index (κ3) is 3.67. The number of hydrogen-bond donors (Lipinski definition) is 2. The minimum absolute atomic E-state index is 0.0407. The van der Waals surface area contributed by atoms with Crippen molar-refractivity contribution in [3.05, 3.63) is 53.5 Å². The highest BCUT2D eigenvalue weighted by Crippen LogP contribution is 2.42. The number of nitrogens with one attached hydrogen (secondary N) is 1. The summed E-state index contributed by atoms with van der Waals surface area (Å²) in [4.78, 5) is 24.8. The van der Waals surface area contributed by atoms with Gasteiger partial charge in [-0.15, -0.1) is 0 Å². The second-order valence-corrected chi connectivity index (χ2v) is 9.40. The van der Waals surface area contributed by atoms with Gasteiger partial charge in [-0.2, -0.15) is 10.1 Å². The molecule has 0 bridgehead atoms. The van der Waals surface area contributed by atoms with Gasteiger partial charge in [0.05, 0.1) is 16.7 Å². The molecule has 2 aromatic carbocycles. The molecule has 0 unspecified atom stereocenters. The Kier molecular flexibility index (Phi) is 5.59. The molecule has 35 heavy (non-hydrogen) atoms. The number of anilines is 2. The lowest BCUT2D eigenvalue weighted by Gasteiger charge is -2.44. The number of hydrogen-bond acceptors (Lipinski definition) is 6. The number of nitrogen functional groups attached to an aromatic ring is 1. The SMILES string of the molecule is C=CC(=O)N1[C@H](C)CN(c2nc(N)nc3c(F)c(-c4c(C)ccc5cn[nH]c45)c(Cl)cc23)C[C@@H]1C. The average molecular weight is 494 g/mol. The highest BCUT2D eigenvalue weighted by atomic mass is 35.5. The van der Waals surface area contributed by atoms with E-state index in [0.717, 1.165) is 10.9 Å². The molecule has 1 fully saturated rings. The van der Waals surface area contributed by atoms with Crippen molar-refractivity contribution in [2.45, 2.75) is 32.9 Å². The lowest BCUT2D eigenvalue weighted by molar-refractivity contribution is -0.130. The lowest BCUT2D eigenvalue weighted by Crippen LogP contribution is -2.58. The molecule has 1 saturated heterocycles. The van der Waals surface area contributed by atoms with Crippen LogP contribution in [0.3, 0.4) is 0 Å². The quantitative estimate of drug-likeness (QED) is 0.408. The van der Waals surface area contributed by atoms with Crippen LogP contribution in [0.5, 0.6) is 0 Å². The van der Waals surface area contributed by atoms with E-state index in [9.17, 15) is 4.79 Å². The standard InChI is InChI=1S/C25H25ClFN7O/c1-5-18(35)34-13(3)10-33(11-14(34)4)24-16-8-17(26)20(21(27)23(16)30-25(28)31-24)19-12(2)6-7-15-9-29-32-22(15)19/h5-9,13-14H,1,10-11H2,2-4H3,(H,29,32)(H2,28,30,31)/t13-,14+. The van der Waals surface area contributed by atoms with Gasteiger partial charge in [-0.3, -0.25) is 9.89 Å². The Bertz CT molecular complexity index is 1490. The average Bonchev–Trinajstić information content (AvgIpc) is 3.29. The maximum absolute atomic E-state index is 16.2. The van der Waals surface area contributed by atoms with E-state index in [1.807, 2.05) is 37.8 Å². The molecule has 1 aliphatic rings. The van der Waals surface area contributed by atoms with Crippen molar-refractivity contribution in [1.29, 1.82) is 0 Å². The van der Waals surface area contributed by atoms with Crippen LogP contribution < -0.4 is 10.6 Å². The van der Waals surface area contributed by atoms with Gasteiger partial charge in [0, 0.05) is 47.1 Å². The number of nitrogens with two attached hydrogens (primary N) is 1. The minimum atomic E-state index is -0.574. The number of halogens is 2. The summed E-state index contributed by atoms with van der Waals surface area (Å²) < 4.78 is 16.2. The molecule has 0 aliphatic carbocycles. The largest absolute Gasteiger partial charge is 0.368 e. The molecule has 3 N–H and O–H groups in total. The number of amides is 1. The zero-order valence-electron chi connectivity index (χ0n) is 19.6. The molecule has 2 aromatic heterocycles. The van der Waals surface area contributed by atoms with Crippen LogP contribution >= 0.6 is 11.6 Å². The number of aromatic amines is 1. The summed E-state index contributed by atoms with van der Waals surface area (Å²) >= 11 is 6.73. The number of aryl methyl sites for hydroxylation is 1. The van der Waals surface area contributed by atoms with Gasteiger partial charge in [0.25, 0.3) is 0 Å². The molecule has 10 heteroatoms. The molecule has 0 spiro atoms. The highest BCUT2D eigenvalue weighted by Gasteiger charge is 2.34. The van der Waals surface area contributed by atoms with Crippen LogP contribution in [-0.2, 0) is 4.79 Å². The van der Waals surface area contributed by atoms with Crippen LogP contribution in [0.25, 0.3) is 32.9 Å². The van der Waals surface area contributed by atoms with E-state index < -0.39 is 5.82 Å². The summed E-state index contributed by atoms with van der Waals surface area (Å²) in [5.41, 5.74) is 8.54. The summed E-state index contributed by atoms with van der Waals surface area (Å²) in [5, 5.41) is 8.59. The molecular formula is C25H25ClFN7O. The van der Waals surface area contributed by atoms with Gasteiger partial charge >= 0.3 is 0 Å². The lowest BCUT2D eigenvalue weighted by atomic mass is 9.96. The normalized spacial score (nSPS) is 18.4. The Labute approximate surface area is 206 Å². The van der Waals surface area contributed by atoms with Gasteiger partial charge in [-0.1, -0.05) is 30.3 Å². The van der Waals surface area contributed by atoms with Crippen LogP contribution in [0.4, 0.5) is 16.2 Å². The Morgan fingerprint density at radius 3 is 2.66 bits per heavy atom. The first kappa shape index (κ1) is 23.0. The minimum Gasteiger partial charge on any atom is -0.368 e. The van der Waals surface area contributed by atoms with E-state index in [0.29, 0.717) is 35.4 Å². The van der Waals surface area contributed by atoms with Crippen molar-refractivity contribution >= 4 is 51.1 Å². The number of piperazine rings is 1. The number of fused-ring (bicyclic) bond motifs is 2. The zero-order valence-corrected chi connectivity index (χ0v) is 20.4. The van der Waals surface area contributed by atoms with E-state index >= 15 is 4.39 Å². The maximum Gasteiger partial charge on any atom is 0.246 e. The van der Waals surface area contributed by atoms with Crippen molar-refractivity contribution in [2.24, 2.45) is 0 Å². The first-order chi connectivity index (χ1) is 16.7. The van der Waals surface area contributed by atoms with Crippen LogP contribution in [0.1, 0.15) is 19.4 Å². The van der Waals surface area contributed by atoms with Crippen LogP contribution in [-0.4, -0.2) is 56.1 Å². The Balaban J connectivity index is 1.68. The van der Waals surface area contributed by atoms with Crippen LogP contribution in [0, 0.1) is 12.7 Å². The summed E-state index contributed by atoms with van der Waals surface area (Å²) in [6, 6.07) is 5.28. The van der Waals surface area contributed by atoms with Crippen molar-refractivity contribution in [2.75, 3.05) is 23.7 Å². The second kappa shape index (κ2) is 8.49. The molecule has 4 aromatic rings. The molecule has 8 nitrogen and oxygen atoms in total. The number of rotatable bonds is 3. The van der Waals surface area contributed by atoms with E-state index in [2.05, 4.69) is 26.7 Å². The molecular weight excluding hydrogens is 469 g/mol.